The van der Waals surface area contributed by atoms with Crippen molar-refractivity contribution in [2.75, 3.05) is 6.73 Å². The third-order valence-electron chi connectivity index (χ3n) is 9.26. The predicted octanol–water partition coefficient (Wildman–Crippen LogP) is 2.40. The average molecular weight is 347 g/mol. The molecule has 1 saturated heterocycles. The summed E-state index contributed by atoms with van der Waals surface area (Å²) in [5.41, 5.74) is 5.89. The zero-order valence-corrected chi connectivity index (χ0v) is 15.3. The van der Waals surface area contributed by atoms with E-state index in [0.29, 0.717) is 11.5 Å². The van der Waals surface area contributed by atoms with Crippen molar-refractivity contribution in [2.24, 2.45) is 41.2 Å². The predicted molar refractivity (Wildman–Crippen MR) is 95.6 cm³/mol. The highest BCUT2D eigenvalue weighted by Gasteiger charge is 2.60. The number of hydrogen-bond acceptors (Lipinski definition) is 4. The Balaban J connectivity index is 0.000000103. The van der Waals surface area contributed by atoms with Crippen LogP contribution >= 0.6 is 0 Å². The molecule has 4 nitrogen and oxygen atoms in total. The van der Waals surface area contributed by atoms with Crippen LogP contribution in [0.5, 0.6) is 0 Å². The summed E-state index contributed by atoms with van der Waals surface area (Å²) in [6.07, 6.45) is 13.1. The molecule has 1 spiro atoms. The van der Waals surface area contributed by atoms with Crippen LogP contribution in [0, 0.1) is 35.5 Å². The maximum atomic E-state index is 10.2. The van der Waals surface area contributed by atoms with E-state index in [9.17, 15) is 5.11 Å². The fourth-order valence-corrected chi connectivity index (χ4v) is 8.84. The van der Waals surface area contributed by atoms with Crippen LogP contribution in [-0.4, -0.2) is 35.1 Å². The zero-order valence-electron chi connectivity index (χ0n) is 15.3. The van der Waals surface area contributed by atoms with Crippen LogP contribution in [0.25, 0.3) is 0 Å². The molecule has 4 N–H and O–H groups in total. The van der Waals surface area contributed by atoms with Gasteiger partial charge in [-0.25, -0.2) is 0 Å². The molecule has 8 aliphatic carbocycles. The van der Waals surface area contributed by atoms with Gasteiger partial charge in [-0.15, -0.1) is 0 Å². The number of ether oxygens (including phenoxy) is 1. The lowest BCUT2D eigenvalue weighted by Crippen LogP contribution is -2.63. The second-order valence-corrected chi connectivity index (χ2v) is 10.9. The van der Waals surface area contributed by atoms with Crippen molar-refractivity contribution in [2.45, 2.75) is 87.5 Å². The Labute approximate surface area is 151 Å². The second-order valence-electron chi connectivity index (χ2n) is 10.9. The van der Waals surface area contributed by atoms with Crippen LogP contribution in [0.1, 0.15) is 64.2 Å². The molecule has 9 fully saturated rings. The molecule has 6 unspecified atom stereocenters. The molecule has 0 aromatic carbocycles. The van der Waals surface area contributed by atoms with E-state index in [4.69, 9.17) is 10.5 Å². The Kier molecular flexibility index (Phi) is 3.31. The molecule has 8 saturated carbocycles. The third kappa shape index (κ3) is 2.27. The molecule has 9 aliphatic rings. The van der Waals surface area contributed by atoms with Crippen molar-refractivity contribution < 1.29 is 9.84 Å². The van der Waals surface area contributed by atoms with Gasteiger partial charge in [0, 0.05) is 12.1 Å². The third-order valence-corrected chi connectivity index (χ3v) is 9.26. The standard InChI is InChI=1S/C11H17NO.C10H17NO/c1-7-2-9-3-8(1)5-11(4-7)10(9)12-6-13-11;11-9-8-2-6-1-7(3-8)5-10(9,12)4-6/h7-10,12H,1-6H2;6-9,12H,1-5,11H2. The molecule has 25 heavy (non-hydrogen) atoms. The number of aliphatic hydroxyl groups is 1. The fourth-order valence-electron chi connectivity index (χ4n) is 8.84. The highest BCUT2D eigenvalue weighted by molar-refractivity contribution is 5.13. The van der Waals surface area contributed by atoms with E-state index in [2.05, 4.69) is 5.32 Å². The summed E-state index contributed by atoms with van der Waals surface area (Å²) in [6, 6.07) is 0.811. The van der Waals surface area contributed by atoms with Crippen molar-refractivity contribution in [3.63, 3.8) is 0 Å². The van der Waals surface area contributed by atoms with E-state index in [0.717, 1.165) is 55.2 Å². The van der Waals surface area contributed by atoms with Crippen LogP contribution in [0.3, 0.4) is 0 Å². The molecular weight excluding hydrogens is 312 g/mol. The molecule has 4 heteroatoms. The summed E-state index contributed by atoms with van der Waals surface area (Å²) in [7, 11) is 0. The highest BCUT2D eigenvalue weighted by atomic mass is 16.5. The van der Waals surface area contributed by atoms with Crippen LogP contribution in [0.4, 0.5) is 0 Å². The van der Waals surface area contributed by atoms with Gasteiger partial charge in [0.2, 0.25) is 0 Å². The molecule has 1 aliphatic heterocycles. The van der Waals surface area contributed by atoms with Crippen molar-refractivity contribution in [3.05, 3.63) is 0 Å². The zero-order chi connectivity index (χ0) is 16.8. The Hall–Kier alpha value is -0.160. The van der Waals surface area contributed by atoms with Crippen LogP contribution in [0.2, 0.25) is 0 Å². The van der Waals surface area contributed by atoms with E-state index in [1.165, 1.54) is 51.4 Å². The first kappa shape index (κ1) is 15.9. The molecule has 0 amide bonds. The van der Waals surface area contributed by atoms with Gasteiger partial charge in [-0.1, -0.05) is 0 Å². The van der Waals surface area contributed by atoms with Gasteiger partial charge in [0.05, 0.1) is 17.9 Å². The second kappa shape index (κ2) is 5.21. The first-order valence-corrected chi connectivity index (χ1v) is 10.9. The summed E-state index contributed by atoms with van der Waals surface area (Å²) in [5, 5.41) is 13.8. The van der Waals surface area contributed by atoms with Gasteiger partial charge < -0.3 is 15.6 Å². The molecule has 9 rings (SSSR count). The minimum Gasteiger partial charge on any atom is -0.388 e. The molecule has 0 radical (unpaired) electrons. The van der Waals surface area contributed by atoms with Crippen molar-refractivity contribution in [1.82, 2.24) is 5.32 Å². The number of nitrogens with two attached hydrogens (primary N) is 1. The smallest absolute Gasteiger partial charge is 0.0976 e. The molecule has 6 atom stereocenters. The lowest BCUT2D eigenvalue weighted by atomic mass is 9.52. The van der Waals surface area contributed by atoms with Crippen LogP contribution < -0.4 is 11.1 Å². The van der Waals surface area contributed by atoms with Crippen molar-refractivity contribution in [3.8, 4) is 0 Å². The highest BCUT2D eigenvalue weighted by Crippen LogP contribution is 2.58. The Morgan fingerprint density at radius 2 is 1.36 bits per heavy atom. The SMILES string of the molecule is C1NC2C3CC4CC(C3)CC2(C4)O1.NC1C2CC3CC(C2)CC1(O)C3. The molecule has 0 aromatic heterocycles. The summed E-state index contributed by atoms with van der Waals surface area (Å²) in [6.45, 7) is 0.820. The lowest BCUT2D eigenvalue weighted by molar-refractivity contribution is -0.139. The van der Waals surface area contributed by atoms with Crippen LogP contribution in [-0.2, 0) is 4.74 Å². The first-order chi connectivity index (χ1) is 12.0. The van der Waals surface area contributed by atoms with Crippen molar-refractivity contribution >= 4 is 0 Å². The first-order valence-electron chi connectivity index (χ1n) is 10.9. The van der Waals surface area contributed by atoms with E-state index in [-0.39, 0.29) is 6.04 Å². The van der Waals surface area contributed by atoms with Gasteiger partial charge in [-0.3, -0.25) is 5.32 Å². The quantitative estimate of drug-likeness (QED) is 0.630. The van der Waals surface area contributed by atoms with Gasteiger partial charge in [0.15, 0.2) is 0 Å². The van der Waals surface area contributed by atoms with E-state index in [1.807, 2.05) is 0 Å². The minimum absolute atomic E-state index is 0.0882. The molecular formula is C21H34N2O2. The minimum atomic E-state index is -0.464. The monoisotopic (exact) mass is 346 g/mol. The van der Waals surface area contributed by atoms with Gasteiger partial charge in [-0.05, 0) is 99.7 Å². The Morgan fingerprint density at radius 3 is 1.96 bits per heavy atom. The van der Waals surface area contributed by atoms with Crippen molar-refractivity contribution in [1.29, 1.82) is 0 Å². The molecule has 0 aromatic rings. The maximum absolute atomic E-state index is 10.2. The van der Waals surface area contributed by atoms with Crippen LogP contribution in [0.15, 0.2) is 0 Å². The lowest BCUT2D eigenvalue weighted by Gasteiger charge is -2.57. The summed E-state index contributed by atoms with van der Waals surface area (Å²) < 4.78 is 6.01. The number of rotatable bonds is 0. The van der Waals surface area contributed by atoms with E-state index >= 15 is 0 Å². The van der Waals surface area contributed by atoms with Gasteiger partial charge in [0.25, 0.3) is 0 Å². The molecule has 140 valence electrons. The van der Waals surface area contributed by atoms with Gasteiger partial charge in [-0.2, -0.15) is 0 Å². The number of nitrogens with one attached hydrogen (secondary N) is 1. The largest absolute Gasteiger partial charge is 0.388 e. The summed E-state index contributed by atoms with van der Waals surface area (Å²) in [5.74, 6) is 5.21. The average Bonchev–Trinajstić information content (AvgIpc) is 2.95. The van der Waals surface area contributed by atoms with E-state index < -0.39 is 5.60 Å². The Morgan fingerprint density at radius 1 is 0.800 bits per heavy atom. The number of hydrogen-bond donors (Lipinski definition) is 3. The summed E-state index contributed by atoms with van der Waals surface area (Å²) in [4.78, 5) is 0. The Bertz CT molecular complexity index is 538. The fraction of sp³-hybridized carbons (Fsp3) is 1.00. The maximum Gasteiger partial charge on any atom is 0.0976 e. The van der Waals surface area contributed by atoms with E-state index in [1.54, 1.807) is 0 Å². The van der Waals surface area contributed by atoms with Gasteiger partial charge in [0.1, 0.15) is 0 Å². The summed E-state index contributed by atoms with van der Waals surface area (Å²) >= 11 is 0. The topological polar surface area (TPSA) is 67.5 Å². The normalized spacial score (nSPS) is 62.6. The molecule has 8 bridgehead atoms. The molecule has 1 heterocycles. The van der Waals surface area contributed by atoms with Gasteiger partial charge >= 0.3 is 0 Å².